The average Bonchev–Trinajstić information content (AvgIpc) is 2.86. The van der Waals surface area contributed by atoms with Crippen molar-refractivity contribution < 1.29 is 0 Å². The molecule has 1 aromatic carbocycles. The van der Waals surface area contributed by atoms with Gasteiger partial charge in [0.1, 0.15) is 5.82 Å². The maximum Gasteiger partial charge on any atom is 0.130 e. The minimum absolute atomic E-state index is 0.170. The lowest BCUT2D eigenvalue weighted by molar-refractivity contribution is 0.541. The lowest BCUT2D eigenvalue weighted by Crippen LogP contribution is -2.26. The zero-order valence-corrected chi connectivity index (χ0v) is 13.0. The van der Waals surface area contributed by atoms with Gasteiger partial charge in [0, 0.05) is 18.9 Å². The Morgan fingerprint density at radius 1 is 1.15 bits per heavy atom. The molecule has 1 atom stereocenters. The Balaban J connectivity index is 2.41. The molecule has 0 saturated carbocycles. The lowest BCUT2D eigenvalue weighted by Gasteiger charge is -2.20. The number of rotatable bonds is 6. The van der Waals surface area contributed by atoms with Gasteiger partial charge in [-0.25, -0.2) is 4.98 Å². The molecule has 0 aliphatic rings. The van der Waals surface area contributed by atoms with Crippen molar-refractivity contribution in [1.82, 2.24) is 14.9 Å². The number of nitrogens with zero attached hydrogens (tertiary/aromatic N) is 2. The molecule has 0 aliphatic carbocycles. The highest BCUT2D eigenvalue weighted by molar-refractivity contribution is 5.33. The predicted molar refractivity (Wildman–Crippen MR) is 84.0 cm³/mol. The van der Waals surface area contributed by atoms with Gasteiger partial charge in [0.2, 0.25) is 0 Å². The Kier molecular flexibility index (Phi) is 4.96. The van der Waals surface area contributed by atoms with E-state index in [4.69, 9.17) is 0 Å². The first-order valence-corrected chi connectivity index (χ1v) is 7.48. The molecule has 0 spiro atoms. The van der Waals surface area contributed by atoms with Crippen LogP contribution in [0.3, 0.4) is 0 Å². The van der Waals surface area contributed by atoms with Crippen LogP contribution in [-0.2, 0) is 6.54 Å². The van der Waals surface area contributed by atoms with Gasteiger partial charge in [0.25, 0.3) is 0 Å². The summed E-state index contributed by atoms with van der Waals surface area (Å²) in [5.74, 6) is 1.10. The topological polar surface area (TPSA) is 29.9 Å². The van der Waals surface area contributed by atoms with Crippen molar-refractivity contribution in [3.8, 4) is 0 Å². The first-order valence-electron chi connectivity index (χ1n) is 7.48. The molecule has 108 valence electrons. The average molecular weight is 271 g/mol. The van der Waals surface area contributed by atoms with Crippen molar-refractivity contribution in [2.24, 2.45) is 0 Å². The van der Waals surface area contributed by atoms with E-state index < -0.39 is 0 Å². The van der Waals surface area contributed by atoms with E-state index in [1.54, 1.807) is 0 Å². The van der Waals surface area contributed by atoms with Crippen molar-refractivity contribution in [2.45, 2.75) is 46.7 Å². The van der Waals surface area contributed by atoms with E-state index in [-0.39, 0.29) is 6.04 Å². The fourth-order valence-electron chi connectivity index (χ4n) is 2.67. The van der Waals surface area contributed by atoms with Crippen molar-refractivity contribution >= 4 is 0 Å². The Morgan fingerprint density at radius 2 is 1.85 bits per heavy atom. The van der Waals surface area contributed by atoms with Crippen molar-refractivity contribution in [3.63, 3.8) is 0 Å². The molecule has 0 fully saturated rings. The monoisotopic (exact) mass is 271 g/mol. The number of nitrogens with one attached hydrogen (secondary N) is 1. The normalized spacial score (nSPS) is 12.6. The third kappa shape index (κ3) is 3.28. The van der Waals surface area contributed by atoms with E-state index in [1.807, 2.05) is 6.20 Å². The largest absolute Gasteiger partial charge is 0.334 e. The number of benzene rings is 1. The zero-order valence-electron chi connectivity index (χ0n) is 13.0. The molecule has 20 heavy (non-hydrogen) atoms. The van der Waals surface area contributed by atoms with Crippen LogP contribution in [0.4, 0.5) is 0 Å². The maximum absolute atomic E-state index is 4.58. The minimum Gasteiger partial charge on any atom is -0.334 e. The summed E-state index contributed by atoms with van der Waals surface area (Å²) in [5, 5.41) is 3.63. The van der Waals surface area contributed by atoms with Gasteiger partial charge >= 0.3 is 0 Å². The molecule has 0 saturated heterocycles. The Morgan fingerprint density at radius 3 is 2.45 bits per heavy atom. The third-order valence-electron chi connectivity index (χ3n) is 3.52. The number of aryl methyl sites for hydroxylation is 3. The van der Waals surface area contributed by atoms with Gasteiger partial charge in [0.15, 0.2) is 0 Å². The van der Waals surface area contributed by atoms with E-state index in [1.165, 1.54) is 16.7 Å². The highest BCUT2D eigenvalue weighted by Crippen LogP contribution is 2.23. The molecule has 1 unspecified atom stereocenters. The smallest absolute Gasteiger partial charge is 0.130 e. The van der Waals surface area contributed by atoms with Gasteiger partial charge in [-0.15, -0.1) is 0 Å². The second-order valence-corrected chi connectivity index (χ2v) is 5.38. The van der Waals surface area contributed by atoms with E-state index in [0.29, 0.717) is 0 Å². The molecular formula is C17H25N3. The van der Waals surface area contributed by atoms with Crippen LogP contribution in [0.2, 0.25) is 0 Å². The fourth-order valence-corrected chi connectivity index (χ4v) is 2.67. The molecule has 0 radical (unpaired) electrons. The molecule has 0 bridgehead atoms. The second kappa shape index (κ2) is 6.71. The predicted octanol–water partition coefficient (Wildman–Crippen LogP) is 3.61. The summed E-state index contributed by atoms with van der Waals surface area (Å²) in [7, 11) is 0. The van der Waals surface area contributed by atoms with Gasteiger partial charge in [-0.2, -0.15) is 0 Å². The van der Waals surface area contributed by atoms with Crippen LogP contribution >= 0.6 is 0 Å². The van der Waals surface area contributed by atoms with Crippen LogP contribution in [0, 0.1) is 13.8 Å². The summed E-state index contributed by atoms with van der Waals surface area (Å²) < 4.78 is 2.21. The molecule has 3 heteroatoms. The standard InChI is InChI=1S/C17H25N3/c1-5-7-18-16(17-19-8-9-20(17)6-2)15-11-13(3)10-14(4)12-15/h8-12,16,18H,5-7H2,1-4H3. The van der Waals surface area contributed by atoms with Crippen LogP contribution in [0.15, 0.2) is 30.6 Å². The molecule has 2 rings (SSSR count). The Bertz CT molecular complexity index is 537. The first kappa shape index (κ1) is 14.8. The van der Waals surface area contributed by atoms with Crippen LogP contribution in [0.25, 0.3) is 0 Å². The van der Waals surface area contributed by atoms with Gasteiger partial charge in [0.05, 0.1) is 6.04 Å². The van der Waals surface area contributed by atoms with Gasteiger partial charge in [-0.05, 0) is 39.3 Å². The Labute approximate surface area is 122 Å². The summed E-state index contributed by atoms with van der Waals surface area (Å²) in [6.45, 7) is 10.6. The van der Waals surface area contributed by atoms with Crippen LogP contribution in [0.5, 0.6) is 0 Å². The highest BCUT2D eigenvalue weighted by atomic mass is 15.1. The van der Waals surface area contributed by atoms with Crippen LogP contribution < -0.4 is 5.32 Å². The summed E-state index contributed by atoms with van der Waals surface area (Å²) in [4.78, 5) is 4.58. The van der Waals surface area contributed by atoms with Crippen molar-refractivity contribution in [3.05, 3.63) is 53.1 Å². The molecule has 2 aromatic rings. The number of hydrogen-bond donors (Lipinski definition) is 1. The zero-order chi connectivity index (χ0) is 14.5. The summed E-state index contributed by atoms with van der Waals surface area (Å²) in [6.07, 6.45) is 5.06. The van der Waals surface area contributed by atoms with E-state index in [2.05, 4.69) is 67.0 Å². The number of aromatic nitrogens is 2. The minimum atomic E-state index is 0.170. The summed E-state index contributed by atoms with van der Waals surface area (Å²) >= 11 is 0. The fraction of sp³-hybridized carbons (Fsp3) is 0.471. The van der Waals surface area contributed by atoms with E-state index in [0.717, 1.165) is 25.3 Å². The summed E-state index contributed by atoms with van der Waals surface area (Å²) in [5.41, 5.74) is 3.91. The van der Waals surface area contributed by atoms with E-state index in [9.17, 15) is 0 Å². The Hall–Kier alpha value is -1.61. The highest BCUT2D eigenvalue weighted by Gasteiger charge is 2.18. The van der Waals surface area contributed by atoms with Gasteiger partial charge in [-0.1, -0.05) is 36.2 Å². The SMILES string of the molecule is CCCNC(c1cc(C)cc(C)c1)c1nccn1CC. The maximum atomic E-state index is 4.58. The molecule has 1 heterocycles. The molecule has 0 aliphatic heterocycles. The number of hydrogen-bond acceptors (Lipinski definition) is 2. The molecule has 0 amide bonds. The first-order chi connectivity index (χ1) is 9.65. The van der Waals surface area contributed by atoms with Crippen molar-refractivity contribution in [1.29, 1.82) is 0 Å². The van der Waals surface area contributed by atoms with Gasteiger partial charge < -0.3 is 9.88 Å². The van der Waals surface area contributed by atoms with Crippen LogP contribution in [0.1, 0.15) is 48.8 Å². The van der Waals surface area contributed by atoms with Crippen molar-refractivity contribution in [2.75, 3.05) is 6.54 Å². The molecular weight excluding hydrogens is 246 g/mol. The van der Waals surface area contributed by atoms with Gasteiger partial charge in [-0.3, -0.25) is 0 Å². The van der Waals surface area contributed by atoms with E-state index >= 15 is 0 Å². The lowest BCUT2D eigenvalue weighted by atomic mass is 10.0. The second-order valence-electron chi connectivity index (χ2n) is 5.38. The third-order valence-corrected chi connectivity index (χ3v) is 3.52. The summed E-state index contributed by atoms with van der Waals surface area (Å²) in [6, 6.07) is 6.90. The number of imidazole rings is 1. The molecule has 1 aromatic heterocycles. The molecule has 3 nitrogen and oxygen atoms in total. The molecule has 1 N–H and O–H groups in total. The quantitative estimate of drug-likeness (QED) is 0.870. The van der Waals surface area contributed by atoms with Crippen LogP contribution in [-0.4, -0.2) is 16.1 Å².